The molecule has 2 amide bonds. The predicted molar refractivity (Wildman–Crippen MR) is 166 cm³/mol. The fourth-order valence-electron chi connectivity index (χ4n) is 5.44. The third kappa shape index (κ3) is 6.23. The summed E-state index contributed by atoms with van der Waals surface area (Å²) in [6.07, 6.45) is 4.59. The van der Waals surface area contributed by atoms with Gasteiger partial charge in [0, 0.05) is 41.8 Å². The summed E-state index contributed by atoms with van der Waals surface area (Å²) in [6, 6.07) is 33.9. The SMILES string of the molecule is COc1ccc(CN(CCc2c[nH]c3ccccc23)C(=O)CN(C(=O)c2ccc(-c3ccccc3)cc2)C2CC2)cc1. The van der Waals surface area contributed by atoms with E-state index in [1.54, 1.807) is 12.0 Å². The minimum absolute atomic E-state index is 0.0492. The Morgan fingerprint density at radius 3 is 2.24 bits per heavy atom. The maximum Gasteiger partial charge on any atom is 0.254 e. The number of nitrogens with zero attached hydrogens (tertiary/aromatic N) is 2. The van der Waals surface area contributed by atoms with Crippen molar-refractivity contribution in [3.05, 3.63) is 126 Å². The molecule has 5 aromatic rings. The summed E-state index contributed by atoms with van der Waals surface area (Å²) < 4.78 is 5.32. The summed E-state index contributed by atoms with van der Waals surface area (Å²) >= 11 is 0. The maximum absolute atomic E-state index is 13.9. The van der Waals surface area contributed by atoms with Gasteiger partial charge in [-0.2, -0.15) is 0 Å². The Morgan fingerprint density at radius 1 is 0.833 bits per heavy atom. The first kappa shape index (κ1) is 27.3. The van der Waals surface area contributed by atoms with Crippen molar-refractivity contribution in [3.8, 4) is 16.9 Å². The number of amides is 2. The van der Waals surface area contributed by atoms with Crippen LogP contribution < -0.4 is 4.74 Å². The van der Waals surface area contributed by atoms with Gasteiger partial charge in [0.15, 0.2) is 0 Å². The van der Waals surface area contributed by atoms with Crippen molar-refractivity contribution in [2.45, 2.75) is 31.8 Å². The molecule has 212 valence electrons. The zero-order chi connectivity index (χ0) is 28.9. The smallest absolute Gasteiger partial charge is 0.254 e. The number of hydrogen-bond acceptors (Lipinski definition) is 3. The average molecular weight is 558 g/mol. The molecule has 6 heteroatoms. The van der Waals surface area contributed by atoms with Crippen LogP contribution in [0.1, 0.15) is 34.3 Å². The van der Waals surface area contributed by atoms with E-state index in [9.17, 15) is 9.59 Å². The van der Waals surface area contributed by atoms with Gasteiger partial charge in [0.25, 0.3) is 5.91 Å². The normalized spacial score (nSPS) is 12.7. The molecule has 1 aliphatic rings. The number of fused-ring (bicyclic) bond motifs is 1. The fraction of sp³-hybridized carbons (Fsp3) is 0.222. The minimum Gasteiger partial charge on any atom is -0.497 e. The van der Waals surface area contributed by atoms with E-state index in [2.05, 4.69) is 29.2 Å². The van der Waals surface area contributed by atoms with Crippen molar-refractivity contribution in [2.75, 3.05) is 20.2 Å². The fourth-order valence-corrected chi connectivity index (χ4v) is 5.44. The van der Waals surface area contributed by atoms with Gasteiger partial charge in [-0.15, -0.1) is 0 Å². The molecule has 0 spiro atoms. The highest BCUT2D eigenvalue weighted by atomic mass is 16.5. The molecule has 4 aromatic carbocycles. The molecule has 0 aliphatic heterocycles. The van der Waals surface area contributed by atoms with Crippen LogP contribution in [0.15, 0.2) is 109 Å². The number of hydrogen-bond donors (Lipinski definition) is 1. The second kappa shape index (κ2) is 12.4. The molecule has 0 bridgehead atoms. The molecule has 6 rings (SSSR count). The Balaban J connectivity index is 1.20. The molecule has 1 heterocycles. The largest absolute Gasteiger partial charge is 0.497 e. The number of para-hydroxylation sites is 1. The Labute approximate surface area is 246 Å². The topological polar surface area (TPSA) is 65.6 Å². The van der Waals surface area contributed by atoms with Crippen LogP contribution in [0.4, 0.5) is 0 Å². The van der Waals surface area contributed by atoms with Crippen molar-refractivity contribution in [1.82, 2.24) is 14.8 Å². The number of methoxy groups -OCH3 is 1. The van der Waals surface area contributed by atoms with Crippen LogP contribution in [-0.4, -0.2) is 52.8 Å². The van der Waals surface area contributed by atoms with Crippen molar-refractivity contribution in [3.63, 3.8) is 0 Å². The molecule has 6 nitrogen and oxygen atoms in total. The van der Waals surface area contributed by atoms with Crippen LogP contribution in [0.25, 0.3) is 22.0 Å². The van der Waals surface area contributed by atoms with Crippen LogP contribution in [0.5, 0.6) is 5.75 Å². The quantitative estimate of drug-likeness (QED) is 0.196. The average Bonchev–Trinajstić information content (AvgIpc) is 3.81. The standard InChI is InChI=1S/C36H35N3O3/c1-42-32-19-11-26(12-20-32)24-38(22-21-30-23-37-34-10-6-5-9-33(30)34)35(40)25-39(31-17-18-31)36(41)29-15-13-28(14-16-29)27-7-3-2-4-8-27/h2-16,19-20,23,31,37H,17-18,21-22,24-25H2,1H3. The van der Waals surface area contributed by atoms with Crippen LogP contribution >= 0.6 is 0 Å². The molecule has 0 saturated heterocycles. The number of carbonyl (C=O) groups excluding carboxylic acids is 2. The number of aromatic amines is 1. The van der Waals surface area contributed by atoms with E-state index in [0.717, 1.165) is 40.8 Å². The number of rotatable bonds is 11. The molecular weight excluding hydrogens is 522 g/mol. The summed E-state index contributed by atoms with van der Waals surface area (Å²) in [6.45, 7) is 1.07. The molecule has 1 aliphatic carbocycles. The number of carbonyl (C=O) groups is 2. The number of ether oxygens (including phenoxy) is 1. The molecular formula is C36H35N3O3. The second-order valence-electron chi connectivity index (χ2n) is 10.9. The highest BCUT2D eigenvalue weighted by Crippen LogP contribution is 2.29. The van der Waals surface area contributed by atoms with E-state index in [-0.39, 0.29) is 24.4 Å². The van der Waals surface area contributed by atoms with Gasteiger partial charge >= 0.3 is 0 Å². The molecule has 0 radical (unpaired) electrons. The van der Waals surface area contributed by atoms with E-state index in [4.69, 9.17) is 4.74 Å². The van der Waals surface area contributed by atoms with Crippen LogP contribution in [0.3, 0.4) is 0 Å². The van der Waals surface area contributed by atoms with Gasteiger partial charge in [-0.05, 0) is 71.8 Å². The van der Waals surface area contributed by atoms with Gasteiger partial charge in [0.2, 0.25) is 5.91 Å². The summed E-state index contributed by atoms with van der Waals surface area (Å²) in [5, 5.41) is 1.17. The minimum atomic E-state index is -0.0912. The van der Waals surface area contributed by atoms with Gasteiger partial charge in [-0.25, -0.2) is 0 Å². The summed E-state index contributed by atoms with van der Waals surface area (Å²) in [7, 11) is 1.64. The number of H-pyrrole nitrogens is 1. The van der Waals surface area contributed by atoms with Crippen molar-refractivity contribution >= 4 is 22.7 Å². The van der Waals surface area contributed by atoms with E-state index in [1.165, 1.54) is 10.9 Å². The summed E-state index contributed by atoms with van der Waals surface area (Å²) in [4.78, 5) is 34.6. The lowest BCUT2D eigenvalue weighted by Crippen LogP contribution is -2.44. The monoisotopic (exact) mass is 557 g/mol. The first-order valence-corrected chi connectivity index (χ1v) is 14.5. The Bertz CT molecular complexity index is 1660. The molecule has 1 N–H and O–H groups in total. The van der Waals surface area contributed by atoms with Crippen LogP contribution in [0, 0.1) is 0 Å². The zero-order valence-corrected chi connectivity index (χ0v) is 23.8. The number of benzene rings is 4. The Hall–Kier alpha value is -4.84. The third-order valence-corrected chi connectivity index (χ3v) is 8.00. The zero-order valence-electron chi connectivity index (χ0n) is 23.8. The van der Waals surface area contributed by atoms with Crippen molar-refractivity contribution in [2.24, 2.45) is 0 Å². The van der Waals surface area contributed by atoms with Gasteiger partial charge in [0.1, 0.15) is 12.3 Å². The van der Waals surface area contributed by atoms with Gasteiger partial charge in [0.05, 0.1) is 7.11 Å². The van der Waals surface area contributed by atoms with Gasteiger partial charge in [-0.3, -0.25) is 9.59 Å². The Morgan fingerprint density at radius 2 is 1.52 bits per heavy atom. The first-order valence-electron chi connectivity index (χ1n) is 14.5. The molecule has 1 aromatic heterocycles. The molecule has 0 atom stereocenters. The van der Waals surface area contributed by atoms with E-state index >= 15 is 0 Å². The first-order chi connectivity index (χ1) is 20.6. The lowest BCUT2D eigenvalue weighted by molar-refractivity contribution is -0.132. The second-order valence-corrected chi connectivity index (χ2v) is 10.9. The molecule has 1 fully saturated rings. The molecule has 0 unspecified atom stereocenters. The van der Waals surface area contributed by atoms with E-state index in [0.29, 0.717) is 25.1 Å². The van der Waals surface area contributed by atoms with E-state index in [1.807, 2.05) is 90.0 Å². The van der Waals surface area contributed by atoms with Crippen LogP contribution in [-0.2, 0) is 17.8 Å². The highest BCUT2D eigenvalue weighted by Gasteiger charge is 2.35. The lowest BCUT2D eigenvalue weighted by Gasteiger charge is -2.28. The third-order valence-electron chi connectivity index (χ3n) is 8.00. The van der Waals surface area contributed by atoms with Crippen LogP contribution in [0.2, 0.25) is 0 Å². The number of nitrogens with one attached hydrogen (secondary N) is 1. The predicted octanol–water partition coefficient (Wildman–Crippen LogP) is 6.72. The van der Waals surface area contributed by atoms with Crippen molar-refractivity contribution < 1.29 is 14.3 Å². The molecule has 1 saturated carbocycles. The number of aromatic nitrogens is 1. The highest BCUT2D eigenvalue weighted by molar-refractivity contribution is 5.97. The van der Waals surface area contributed by atoms with Gasteiger partial charge < -0.3 is 19.5 Å². The van der Waals surface area contributed by atoms with Gasteiger partial charge in [-0.1, -0.05) is 72.8 Å². The van der Waals surface area contributed by atoms with Crippen molar-refractivity contribution in [1.29, 1.82) is 0 Å². The maximum atomic E-state index is 13.9. The lowest BCUT2D eigenvalue weighted by atomic mass is 10.0. The summed E-state index contributed by atoms with van der Waals surface area (Å²) in [5.41, 5.74) is 6.05. The Kier molecular flexibility index (Phi) is 8.04. The molecule has 42 heavy (non-hydrogen) atoms. The summed E-state index contributed by atoms with van der Waals surface area (Å²) in [5.74, 6) is 0.637. The van der Waals surface area contributed by atoms with E-state index < -0.39 is 0 Å².